The molecule has 0 aliphatic rings. The van der Waals surface area contributed by atoms with Crippen LogP contribution in [0.3, 0.4) is 0 Å². The average molecular weight is 262 g/mol. The van der Waals surface area contributed by atoms with Gasteiger partial charge < -0.3 is 9.47 Å². The molecule has 0 heterocycles. The van der Waals surface area contributed by atoms with Crippen molar-refractivity contribution in [2.75, 3.05) is 6.61 Å². The van der Waals surface area contributed by atoms with E-state index >= 15 is 0 Å². The van der Waals surface area contributed by atoms with Gasteiger partial charge in [-0.2, -0.15) is 0 Å². The molecule has 6 heteroatoms. The first kappa shape index (κ1) is 14.3. The monoisotopic (exact) mass is 262 g/mol. The number of ether oxygens (including phenoxy) is 2. The molecule has 0 aliphatic heterocycles. The van der Waals surface area contributed by atoms with Gasteiger partial charge in [0.25, 0.3) is 0 Å². The highest BCUT2D eigenvalue weighted by atomic mass is 19.4. The molecule has 1 rings (SSSR count). The molecule has 3 nitrogen and oxygen atoms in total. The Labute approximate surface area is 103 Å². The molecular formula is C12H13F3O3. The molecular weight excluding hydrogens is 249 g/mol. The van der Waals surface area contributed by atoms with Gasteiger partial charge in [0.05, 0.1) is 6.61 Å². The zero-order valence-electron chi connectivity index (χ0n) is 10.0. The maximum absolute atomic E-state index is 12.2. The molecule has 0 saturated heterocycles. The van der Waals surface area contributed by atoms with Gasteiger partial charge in [0.2, 0.25) is 0 Å². The lowest BCUT2D eigenvalue weighted by Gasteiger charge is -2.14. The normalized spacial score (nSPS) is 11.2. The Morgan fingerprint density at radius 3 is 2.50 bits per heavy atom. The largest absolute Gasteiger partial charge is 0.573 e. The van der Waals surface area contributed by atoms with E-state index in [2.05, 4.69) is 4.74 Å². The number of Topliss-reactive ketones (excluding diaryl/α,β-unsaturated/α-hetero) is 1. The summed E-state index contributed by atoms with van der Waals surface area (Å²) in [6.45, 7) is 3.44. The first-order chi connectivity index (χ1) is 8.31. The van der Waals surface area contributed by atoms with Crippen molar-refractivity contribution in [3.05, 3.63) is 23.8 Å². The second kappa shape index (κ2) is 5.75. The Bertz CT molecular complexity index is 427. The van der Waals surface area contributed by atoms with Crippen molar-refractivity contribution in [3.63, 3.8) is 0 Å². The van der Waals surface area contributed by atoms with E-state index in [1.807, 2.05) is 0 Å². The summed E-state index contributed by atoms with van der Waals surface area (Å²) in [6.07, 6.45) is -4.91. The molecule has 0 aliphatic carbocycles. The molecule has 0 unspecified atom stereocenters. The molecule has 0 bridgehead atoms. The first-order valence-electron chi connectivity index (χ1n) is 5.32. The lowest BCUT2D eigenvalue weighted by molar-refractivity contribution is -0.274. The van der Waals surface area contributed by atoms with E-state index in [0.29, 0.717) is 12.4 Å². The van der Waals surface area contributed by atoms with Gasteiger partial charge in [-0.25, -0.2) is 0 Å². The SMILES string of the molecule is CCOc1ccc(OC(F)(F)F)c(CC(C)=O)c1. The molecule has 0 amide bonds. The lowest BCUT2D eigenvalue weighted by atomic mass is 10.1. The number of hydrogen-bond donors (Lipinski definition) is 0. The lowest BCUT2D eigenvalue weighted by Crippen LogP contribution is -2.18. The number of hydrogen-bond acceptors (Lipinski definition) is 3. The Balaban J connectivity index is 3.04. The van der Waals surface area contributed by atoms with Gasteiger partial charge in [0, 0.05) is 12.0 Å². The molecule has 0 fully saturated rings. The summed E-state index contributed by atoms with van der Waals surface area (Å²) >= 11 is 0. The van der Waals surface area contributed by atoms with Crippen molar-refractivity contribution in [2.45, 2.75) is 26.6 Å². The zero-order chi connectivity index (χ0) is 13.8. The van der Waals surface area contributed by atoms with Crippen LogP contribution in [0.4, 0.5) is 13.2 Å². The summed E-state index contributed by atoms with van der Waals surface area (Å²) < 4.78 is 45.5. The van der Waals surface area contributed by atoms with E-state index in [-0.39, 0.29) is 23.5 Å². The number of carbonyl (C=O) groups excluding carboxylic acids is 1. The van der Waals surface area contributed by atoms with Crippen LogP contribution in [-0.4, -0.2) is 18.8 Å². The van der Waals surface area contributed by atoms with Crippen LogP contribution in [0.5, 0.6) is 11.5 Å². The van der Waals surface area contributed by atoms with Crippen molar-refractivity contribution < 1.29 is 27.4 Å². The van der Waals surface area contributed by atoms with Crippen LogP contribution in [0.15, 0.2) is 18.2 Å². The Hall–Kier alpha value is -1.72. The van der Waals surface area contributed by atoms with Crippen LogP contribution in [0.2, 0.25) is 0 Å². The Morgan fingerprint density at radius 1 is 1.33 bits per heavy atom. The van der Waals surface area contributed by atoms with Crippen molar-refractivity contribution in [1.82, 2.24) is 0 Å². The van der Waals surface area contributed by atoms with Gasteiger partial charge in [0.15, 0.2) is 0 Å². The van der Waals surface area contributed by atoms with E-state index < -0.39 is 6.36 Å². The van der Waals surface area contributed by atoms with Crippen LogP contribution in [0.25, 0.3) is 0 Å². The van der Waals surface area contributed by atoms with Crippen molar-refractivity contribution >= 4 is 5.78 Å². The molecule has 100 valence electrons. The number of halogens is 3. The quantitative estimate of drug-likeness (QED) is 0.817. The van der Waals surface area contributed by atoms with E-state index in [4.69, 9.17) is 4.74 Å². The maximum Gasteiger partial charge on any atom is 0.573 e. The number of ketones is 1. The van der Waals surface area contributed by atoms with E-state index in [9.17, 15) is 18.0 Å². The smallest absolute Gasteiger partial charge is 0.494 e. The zero-order valence-corrected chi connectivity index (χ0v) is 10.0. The number of alkyl halides is 3. The Kier molecular flexibility index (Phi) is 4.58. The van der Waals surface area contributed by atoms with Gasteiger partial charge >= 0.3 is 6.36 Å². The van der Waals surface area contributed by atoms with Gasteiger partial charge in [-0.15, -0.1) is 13.2 Å². The van der Waals surface area contributed by atoms with Crippen LogP contribution >= 0.6 is 0 Å². The predicted molar refractivity (Wildman–Crippen MR) is 58.7 cm³/mol. The second-order valence-corrected chi connectivity index (χ2v) is 3.63. The summed E-state index contributed by atoms with van der Waals surface area (Å²) in [5.41, 5.74) is 0.158. The third kappa shape index (κ3) is 4.65. The molecule has 1 aromatic rings. The van der Waals surface area contributed by atoms with Gasteiger partial charge in [-0.05, 0) is 32.0 Å². The topological polar surface area (TPSA) is 35.5 Å². The minimum absolute atomic E-state index is 0.133. The molecule has 18 heavy (non-hydrogen) atoms. The van der Waals surface area contributed by atoms with Crippen molar-refractivity contribution in [1.29, 1.82) is 0 Å². The van der Waals surface area contributed by atoms with Crippen LogP contribution in [0, 0.1) is 0 Å². The van der Waals surface area contributed by atoms with E-state index in [1.165, 1.54) is 19.1 Å². The third-order valence-corrected chi connectivity index (χ3v) is 2.01. The predicted octanol–water partition coefficient (Wildman–Crippen LogP) is 3.12. The maximum atomic E-state index is 12.2. The highest BCUT2D eigenvalue weighted by Gasteiger charge is 2.32. The molecule has 0 saturated carbocycles. The summed E-state index contributed by atoms with van der Waals surface area (Å²) in [5, 5.41) is 0. The molecule has 0 aromatic heterocycles. The molecule has 0 atom stereocenters. The summed E-state index contributed by atoms with van der Waals surface area (Å²) in [6, 6.07) is 3.90. The molecule has 0 spiro atoms. The van der Waals surface area contributed by atoms with Crippen molar-refractivity contribution in [2.24, 2.45) is 0 Å². The molecule has 0 radical (unpaired) electrons. The molecule has 1 aromatic carbocycles. The van der Waals surface area contributed by atoms with Gasteiger partial charge in [-0.3, -0.25) is 4.79 Å². The number of benzene rings is 1. The number of carbonyl (C=O) groups is 1. The second-order valence-electron chi connectivity index (χ2n) is 3.63. The number of rotatable bonds is 5. The summed E-state index contributed by atoms with van der Waals surface area (Å²) in [7, 11) is 0. The fourth-order valence-corrected chi connectivity index (χ4v) is 1.44. The summed E-state index contributed by atoms with van der Waals surface area (Å²) in [4.78, 5) is 11.0. The van der Waals surface area contributed by atoms with Crippen LogP contribution < -0.4 is 9.47 Å². The summed E-state index contributed by atoms with van der Waals surface area (Å²) in [5.74, 6) is -0.222. The average Bonchev–Trinajstić information content (AvgIpc) is 2.19. The minimum atomic E-state index is -4.78. The van der Waals surface area contributed by atoms with E-state index in [1.54, 1.807) is 6.92 Å². The standard InChI is InChI=1S/C12H13F3O3/c1-3-17-10-4-5-11(18-12(13,14)15)9(7-10)6-8(2)16/h4-5,7H,3,6H2,1-2H3. The van der Waals surface area contributed by atoms with Gasteiger partial charge in [-0.1, -0.05) is 0 Å². The highest BCUT2D eigenvalue weighted by Crippen LogP contribution is 2.30. The van der Waals surface area contributed by atoms with Crippen LogP contribution in [-0.2, 0) is 11.2 Å². The highest BCUT2D eigenvalue weighted by molar-refractivity contribution is 5.79. The van der Waals surface area contributed by atoms with E-state index in [0.717, 1.165) is 6.07 Å². The van der Waals surface area contributed by atoms with Crippen LogP contribution in [0.1, 0.15) is 19.4 Å². The Morgan fingerprint density at radius 2 is 2.00 bits per heavy atom. The van der Waals surface area contributed by atoms with Gasteiger partial charge in [0.1, 0.15) is 17.3 Å². The van der Waals surface area contributed by atoms with Crippen molar-refractivity contribution in [3.8, 4) is 11.5 Å². The fourth-order valence-electron chi connectivity index (χ4n) is 1.44. The third-order valence-electron chi connectivity index (χ3n) is 2.01. The minimum Gasteiger partial charge on any atom is -0.494 e. The first-order valence-corrected chi connectivity index (χ1v) is 5.32. The fraction of sp³-hybridized carbons (Fsp3) is 0.417. The molecule has 0 N–H and O–H groups in total.